The largest absolute Gasteiger partial charge is 0.354 e. The van der Waals surface area contributed by atoms with Gasteiger partial charge in [-0.05, 0) is 31.9 Å². The third kappa shape index (κ3) is 2.32. The minimum atomic E-state index is -0.372. The molecule has 1 saturated heterocycles. The minimum absolute atomic E-state index is 0.0680. The van der Waals surface area contributed by atoms with Crippen molar-refractivity contribution >= 4 is 22.7 Å². The number of carbonyl (C=O) groups excluding carboxylic acids is 2. The van der Waals surface area contributed by atoms with Gasteiger partial charge in [0.15, 0.2) is 0 Å². The van der Waals surface area contributed by atoms with E-state index in [0.29, 0.717) is 25.1 Å². The molecule has 1 unspecified atom stereocenters. The van der Waals surface area contributed by atoms with E-state index >= 15 is 0 Å². The average Bonchev–Trinajstić information content (AvgIpc) is 2.95. The van der Waals surface area contributed by atoms with Crippen molar-refractivity contribution in [3.8, 4) is 0 Å². The smallest absolute Gasteiger partial charge is 0.256 e. The normalized spacial score (nSPS) is 17.5. The summed E-state index contributed by atoms with van der Waals surface area (Å²) in [5.41, 5.74) is 2.35. The Morgan fingerprint density at radius 1 is 1.41 bits per heavy atom. The van der Waals surface area contributed by atoms with Gasteiger partial charge in [-0.15, -0.1) is 0 Å². The zero-order valence-corrected chi connectivity index (χ0v) is 12.8. The van der Waals surface area contributed by atoms with Crippen LogP contribution in [0.15, 0.2) is 30.5 Å². The highest BCUT2D eigenvalue weighted by atomic mass is 16.2. The molecule has 3 rings (SSSR count). The van der Waals surface area contributed by atoms with E-state index in [1.54, 1.807) is 11.1 Å². The van der Waals surface area contributed by atoms with Crippen LogP contribution < -0.4 is 5.32 Å². The van der Waals surface area contributed by atoms with E-state index in [2.05, 4.69) is 10.3 Å². The lowest BCUT2D eigenvalue weighted by Gasteiger charge is -2.26. The highest BCUT2D eigenvalue weighted by Crippen LogP contribution is 2.22. The number of fused-ring (bicyclic) bond motifs is 1. The van der Waals surface area contributed by atoms with Gasteiger partial charge in [-0.25, -0.2) is 0 Å². The Kier molecular flexibility index (Phi) is 3.79. The fraction of sp³-hybridized carbons (Fsp3) is 0.353. The lowest BCUT2D eigenvalue weighted by molar-refractivity contribution is -0.123. The maximum absolute atomic E-state index is 12.9. The van der Waals surface area contributed by atoms with E-state index in [0.717, 1.165) is 16.5 Å². The zero-order chi connectivity index (χ0) is 15.7. The predicted octanol–water partition coefficient (Wildman–Crippen LogP) is 1.89. The van der Waals surface area contributed by atoms with Gasteiger partial charge in [0.1, 0.15) is 6.04 Å². The Morgan fingerprint density at radius 3 is 2.86 bits per heavy atom. The van der Waals surface area contributed by atoms with E-state index in [1.165, 1.54) is 0 Å². The highest BCUT2D eigenvalue weighted by Gasteiger charge is 2.33. The molecule has 1 aromatic heterocycles. The number of carbonyl (C=O) groups is 2. The summed E-state index contributed by atoms with van der Waals surface area (Å²) in [6.45, 7) is 4.96. The van der Waals surface area contributed by atoms with Crippen LogP contribution in [0.4, 0.5) is 0 Å². The molecule has 1 N–H and O–H groups in total. The number of rotatable bonds is 3. The first-order chi connectivity index (χ1) is 10.6. The van der Waals surface area contributed by atoms with Crippen molar-refractivity contribution in [3.63, 3.8) is 0 Å². The van der Waals surface area contributed by atoms with Crippen LogP contribution in [0.3, 0.4) is 0 Å². The Balaban J connectivity index is 2.00. The Hall–Kier alpha value is -2.43. The molecule has 114 valence electrons. The van der Waals surface area contributed by atoms with Crippen LogP contribution in [-0.2, 0) is 4.79 Å². The molecule has 1 atom stereocenters. The van der Waals surface area contributed by atoms with Crippen molar-refractivity contribution in [2.75, 3.05) is 13.1 Å². The summed E-state index contributed by atoms with van der Waals surface area (Å²) in [5.74, 6) is -0.193. The number of aromatic nitrogens is 1. The maximum atomic E-state index is 12.9. The number of aryl methyl sites for hydroxylation is 1. The molecular weight excluding hydrogens is 278 g/mol. The summed E-state index contributed by atoms with van der Waals surface area (Å²) in [6, 6.07) is 7.39. The van der Waals surface area contributed by atoms with E-state index < -0.39 is 0 Å². The van der Waals surface area contributed by atoms with Gasteiger partial charge in [0, 0.05) is 24.7 Å². The molecule has 1 fully saturated rings. The van der Waals surface area contributed by atoms with Gasteiger partial charge >= 0.3 is 0 Å². The number of pyridine rings is 1. The Labute approximate surface area is 129 Å². The van der Waals surface area contributed by atoms with Gasteiger partial charge < -0.3 is 10.2 Å². The van der Waals surface area contributed by atoms with Gasteiger partial charge in [-0.2, -0.15) is 0 Å². The fourth-order valence-electron chi connectivity index (χ4n) is 3.03. The lowest BCUT2D eigenvalue weighted by atomic mass is 10.0. The number of nitrogens with zero attached hydrogens (tertiary/aromatic N) is 2. The molecule has 5 nitrogen and oxygen atoms in total. The second-order valence-corrected chi connectivity index (χ2v) is 5.50. The molecule has 22 heavy (non-hydrogen) atoms. The van der Waals surface area contributed by atoms with Crippen molar-refractivity contribution < 1.29 is 9.59 Å². The van der Waals surface area contributed by atoms with Crippen LogP contribution in [0.1, 0.15) is 29.3 Å². The number of nitrogens with one attached hydrogen (secondary N) is 1. The van der Waals surface area contributed by atoms with Crippen LogP contribution in [0.2, 0.25) is 0 Å². The van der Waals surface area contributed by atoms with Gasteiger partial charge in [0.2, 0.25) is 5.91 Å². The topological polar surface area (TPSA) is 62.3 Å². The molecule has 0 saturated carbocycles. The molecule has 0 aliphatic carbocycles. The quantitative estimate of drug-likeness (QED) is 0.941. The highest BCUT2D eigenvalue weighted by molar-refractivity contribution is 6.02. The van der Waals surface area contributed by atoms with Crippen molar-refractivity contribution in [1.29, 1.82) is 0 Å². The van der Waals surface area contributed by atoms with Crippen molar-refractivity contribution in [1.82, 2.24) is 15.2 Å². The Morgan fingerprint density at radius 2 is 2.18 bits per heavy atom. The molecule has 2 heterocycles. The maximum Gasteiger partial charge on any atom is 0.256 e. The molecule has 5 heteroatoms. The number of hydrogen-bond acceptors (Lipinski definition) is 3. The van der Waals surface area contributed by atoms with Gasteiger partial charge in [-0.1, -0.05) is 18.2 Å². The summed E-state index contributed by atoms with van der Waals surface area (Å²) in [5, 5.41) is 3.76. The number of likely N-dealkylation sites (N-methyl/N-ethyl adjacent to an activating group) is 1. The molecule has 1 aliphatic rings. The number of benzene rings is 1. The van der Waals surface area contributed by atoms with Crippen LogP contribution in [-0.4, -0.2) is 40.8 Å². The molecule has 2 aromatic rings. The predicted molar refractivity (Wildman–Crippen MR) is 84.6 cm³/mol. The molecule has 0 spiro atoms. The van der Waals surface area contributed by atoms with Crippen molar-refractivity contribution in [2.45, 2.75) is 26.3 Å². The third-order valence-corrected chi connectivity index (χ3v) is 4.27. The first-order valence-electron chi connectivity index (χ1n) is 7.56. The summed E-state index contributed by atoms with van der Waals surface area (Å²) in [4.78, 5) is 30.8. The molecule has 2 amide bonds. The second kappa shape index (κ2) is 5.75. The first-order valence-corrected chi connectivity index (χ1v) is 7.56. The molecule has 0 radical (unpaired) electrons. The molecule has 1 aromatic carbocycles. The Bertz CT molecular complexity index is 742. The fourth-order valence-corrected chi connectivity index (χ4v) is 3.03. The molecule has 1 aliphatic heterocycles. The molecule has 0 bridgehead atoms. The molecular formula is C17H19N3O2. The third-order valence-electron chi connectivity index (χ3n) is 4.27. The van der Waals surface area contributed by atoms with Gasteiger partial charge in [0.25, 0.3) is 5.91 Å². The van der Waals surface area contributed by atoms with Crippen molar-refractivity contribution in [2.24, 2.45) is 0 Å². The van der Waals surface area contributed by atoms with E-state index in [-0.39, 0.29) is 17.9 Å². The van der Waals surface area contributed by atoms with E-state index in [4.69, 9.17) is 0 Å². The SMILES string of the molecule is CCN(C(=O)c1cnc2ccccc2c1C)C1CCNC1=O. The van der Waals surface area contributed by atoms with Gasteiger partial charge in [0.05, 0.1) is 11.1 Å². The van der Waals surface area contributed by atoms with Crippen LogP contribution in [0, 0.1) is 6.92 Å². The van der Waals surface area contributed by atoms with E-state index in [1.807, 2.05) is 38.1 Å². The minimum Gasteiger partial charge on any atom is -0.354 e. The summed E-state index contributed by atoms with van der Waals surface area (Å²) in [7, 11) is 0. The summed E-state index contributed by atoms with van der Waals surface area (Å²) < 4.78 is 0. The first kappa shape index (κ1) is 14.5. The second-order valence-electron chi connectivity index (χ2n) is 5.50. The van der Waals surface area contributed by atoms with E-state index in [9.17, 15) is 9.59 Å². The number of hydrogen-bond donors (Lipinski definition) is 1. The van der Waals surface area contributed by atoms with Crippen LogP contribution in [0.25, 0.3) is 10.9 Å². The lowest BCUT2D eigenvalue weighted by Crippen LogP contribution is -2.44. The standard InChI is InChI=1S/C17H19N3O2/c1-3-20(15-8-9-18-16(15)21)17(22)13-10-19-14-7-5-4-6-12(14)11(13)2/h4-7,10,15H,3,8-9H2,1-2H3,(H,18,21). The number of para-hydroxylation sites is 1. The average molecular weight is 297 g/mol. The van der Waals surface area contributed by atoms with Crippen molar-refractivity contribution in [3.05, 3.63) is 41.6 Å². The number of amides is 2. The van der Waals surface area contributed by atoms with Crippen LogP contribution >= 0.6 is 0 Å². The van der Waals surface area contributed by atoms with Crippen LogP contribution in [0.5, 0.6) is 0 Å². The zero-order valence-electron chi connectivity index (χ0n) is 12.8. The summed E-state index contributed by atoms with van der Waals surface area (Å²) in [6.07, 6.45) is 2.29. The summed E-state index contributed by atoms with van der Waals surface area (Å²) >= 11 is 0. The monoisotopic (exact) mass is 297 g/mol. The van der Waals surface area contributed by atoms with Gasteiger partial charge in [-0.3, -0.25) is 14.6 Å².